The van der Waals surface area contributed by atoms with E-state index in [1.807, 2.05) is 12.1 Å². The second kappa shape index (κ2) is 21.9. The summed E-state index contributed by atoms with van der Waals surface area (Å²) in [7, 11) is 1.18. The summed E-state index contributed by atoms with van der Waals surface area (Å²) in [6.07, 6.45) is -0.512. The number of rotatable bonds is 20. The minimum absolute atomic E-state index is 0.0106. The lowest BCUT2D eigenvalue weighted by atomic mass is 10.1. The first kappa shape index (κ1) is 41.2. The van der Waals surface area contributed by atoms with Crippen LogP contribution in [0.4, 0.5) is 4.79 Å². The van der Waals surface area contributed by atoms with Crippen LogP contribution in [0.2, 0.25) is 0 Å². The Morgan fingerprint density at radius 3 is 1.56 bits per heavy atom. The molecule has 0 saturated heterocycles. The second-order valence-electron chi connectivity index (χ2n) is 12.5. The van der Waals surface area contributed by atoms with Gasteiger partial charge in [-0.2, -0.15) is 0 Å². The molecule has 0 unspecified atom stereocenters. The first-order valence-corrected chi connectivity index (χ1v) is 16.6. The van der Waals surface area contributed by atoms with Gasteiger partial charge < -0.3 is 40.6 Å². The fourth-order valence-corrected chi connectivity index (χ4v) is 4.56. The molecule has 2 aromatic carbocycles. The van der Waals surface area contributed by atoms with E-state index in [4.69, 9.17) is 24.7 Å². The van der Waals surface area contributed by atoms with Crippen molar-refractivity contribution in [2.45, 2.75) is 103 Å². The van der Waals surface area contributed by atoms with E-state index in [1.165, 1.54) is 7.11 Å². The second-order valence-corrected chi connectivity index (χ2v) is 12.5. The molecule has 2 rings (SSSR count). The molecule has 0 radical (unpaired) electrons. The van der Waals surface area contributed by atoms with Crippen LogP contribution in [0.5, 0.6) is 0 Å². The highest BCUT2D eigenvalue weighted by Crippen LogP contribution is 2.12. The van der Waals surface area contributed by atoms with Crippen LogP contribution in [0.25, 0.3) is 0 Å². The first-order chi connectivity index (χ1) is 23.8. The van der Waals surface area contributed by atoms with Gasteiger partial charge in [-0.1, -0.05) is 60.7 Å². The maximum Gasteiger partial charge on any atom is 0.408 e. The van der Waals surface area contributed by atoms with E-state index in [1.54, 1.807) is 69.3 Å². The molecule has 0 heterocycles. The summed E-state index contributed by atoms with van der Waals surface area (Å²) in [6, 6.07) is 14.3. The molecule has 0 aromatic heterocycles. The van der Waals surface area contributed by atoms with E-state index in [0.717, 1.165) is 11.1 Å². The van der Waals surface area contributed by atoms with Gasteiger partial charge in [0.15, 0.2) is 0 Å². The molecule has 274 valence electrons. The maximum absolute atomic E-state index is 13.7. The molecule has 3 atom stereocenters. The largest absolute Gasteiger partial charge is 0.467 e. The topological polar surface area (TPSA) is 201 Å². The smallest absolute Gasteiger partial charge is 0.408 e. The van der Waals surface area contributed by atoms with Crippen LogP contribution in [0.1, 0.15) is 76.8 Å². The average molecular weight is 699 g/mol. The number of carbonyl (C=O) groups excluding carboxylic acids is 6. The monoisotopic (exact) mass is 698 g/mol. The number of benzene rings is 2. The van der Waals surface area contributed by atoms with Gasteiger partial charge in [-0.3, -0.25) is 19.2 Å². The predicted octanol–water partition coefficient (Wildman–Crippen LogP) is 3.20. The number of methoxy groups -OCH3 is 1. The summed E-state index contributed by atoms with van der Waals surface area (Å²) >= 11 is 0. The van der Waals surface area contributed by atoms with Crippen molar-refractivity contribution in [3.63, 3.8) is 0 Å². The fourth-order valence-electron chi connectivity index (χ4n) is 4.56. The van der Waals surface area contributed by atoms with E-state index in [0.29, 0.717) is 19.4 Å². The van der Waals surface area contributed by atoms with Crippen LogP contribution in [0.15, 0.2) is 60.7 Å². The molecule has 2 aromatic rings. The van der Waals surface area contributed by atoms with Gasteiger partial charge in [0, 0.05) is 12.8 Å². The maximum atomic E-state index is 13.7. The van der Waals surface area contributed by atoms with Gasteiger partial charge in [0.25, 0.3) is 0 Å². The van der Waals surface area contributed by atoms with Crippen molar-refractivity contribution >= 4 is 35.8 Å². The van der Waals surface area contributed by atoms with Crippen molar-refractivity contribution in [3.05, 3.63) is 71.8 Å². The molecule has 0 aliphatic rings. The van der Waals surface area contributed by atoms with Crippen LogP contribution < -0.4 is 21.7 Å². The minimum atomic E-state index is -1.35. The van der Waals surface area contributed by atoms with E-state index in [2.05, 4.69) is 16.0 Å². The van der Waals surface area contributed by atoms with Crippen LogP contribution in [0.3, 0.4) is 0 Å². The summed E-state index contributed by atoms with van der Waals surface area (Å²) in [6.45, 7) is 5.35. The van der Waals surface area contributed by atoms with Crippen LogP contribution in [0, 0.1) is 0 Å². The van der Waals surface area contributed by atoms with Gasteiger partial charge in [0.2, 0.25) is 11.8 Å². The summed E-state index contributed by atoms with van der Waals surface area (Å²) < 4.78 is 20.8. The molecule has 0 saturated carbocycles. The van der Waals surface area contributed by atoms with Crippen LogP contribution in [-0.4, -0.2) is 73.2 Å². The number of nitrogens with one attached hydrogen (secondary N) is 3. The van der Waals surface area contributed by atoms with Gasteiger partial charge in [0.1, 0.15) is 36.9 Å². The van der Waals surface area contributed by atoms with Crippen molar-refractivity contribution in [1.82, 2.24) is 16.0 Å². The molecule has 0 spiro atoms. The molecule has 0 fully saturated rings. The standard InChI is InChI=1S/C36H50N4O10/c1-36(2,3)50-35(46)40-28(19-21-31(42)49-24-26-15-9-6-10-16-26)33(44)38-27(18-20-30(41)48-23-25-13-7-5-8-14-25)32(43)39-29(34(45)47-4)17-11-12-22-37/h5-10,13-16,27-29H,11-12,17-24,37H2,1-4H3,(H,38,44)(H,39,43)(H,40,46)/t27-,28-,29-/m0/s1. The first-order valence-electron chi connectivity index (χ1n) is 16.6. The zero-order valence-electron chi connectivity index (χ0n) is 29.2. The number of esters is 3. The van der Waals surface area contributed by atoms with Gasteiger partial charge in [-0.05, 0) is 70.5 Å². The van der Waals surface area contributed by atoms with Crippen molar-refractivity contribution in [2.75, 3.05) is 13.7 Å². The SMILES string of the molecule is COC(=O)[C@H](CCCCN)NC(=O)[C@H](CCC(=O)OCc1ccccc1)NC(=O)[C@H](CCC(=O)OCc1ccccc1)NC(=O)OC(C)(C)C. The fraction of sp³-hybridized carbons (Fsp3) is 0.500. The minimum Gasteiger partial charge on any atom is -0.467 e. The number of hydrogen-bond acceptors (Lipinski definition) is 11. The van der Waals surface area contributed by atoms with Crippen molar-refractivity contribution in [1.29, 1.82) is 0 Å². The summed E-state index contributed by atoms with van der Waals surface area (Å²) in [5, 5.41) is 7.63. The Kier molecular flexibility index (Phi) is 18.0. The number of nitrogens with two attached hydrogens (primary N) is 1. The number of alkyl carbamates (subject to hydrolysis) is 1. The number of hydrogen-bond donors (Lipinski definition) is 4. The molecule has 5 N–H and O–H groups in total. The number of carbonyl (C=O) groups is 6. The summed E-state index contributed by atoms with van der Waals surface area (Å²) in [4.78, 5) is 77.6. The highest BCUT2D eigenvalue weighted by molar-refractivity contribution is 5.93. The van der Waals surface area contributed by atoms with Crippen molar-refractivity contribution in [2.24, 2.45) is 5.73 Å². The van der Waals surface area contributed by atoms with Gasteiger partial charge in [-0.15, -0.1) is 0 Å². The van der Waals surface area contributed by atoms with Crippen molar-refractivity contribution in [3.8, 4) is 0 Å². The third-order valence-corrected chi connectivity index (χ3v) is 7.15. The molecular weight excluding hydrogens is 648 g/mol. The normalized spacial score (nSPS) is 12.7. The van der Waals surface area contributed by atoms with Crippen LogP contribution >= 0.6 is 0 Å². The van der Waals surface area contributed by atoms with E-state index in [9.17, 15) is 28.8 Å². The van der Waals surface area contributed by atoms with Gasteiger partial charge >= 0.3 is 24.0 Å². The number of unbranched alkanes of at least 4 members (excludes halogenated alkanes) is 1. The van der Waals surface area contributed by atoms with Crippen LogP contribution in [-0.2, 0) is 56.1 Å². The van der Waals surface area contributed by atoms with E-state index in [-0.39, 0.29) is 45.3 Å². The average Bonchev–Trinajstić information content (AvgIpc) is 3.09. The van der Waals surface area contributed by atoms with Crippen molar-refractivity contribution < 1.29 is 47.7 Å². The number of amides is 3. The molecule has 3 amide bonds. The molecule has 0 aliphatic heterocycles. The molecule has 14 nitrogen and oxygen atoms in total. The predicted molar refractivity (Wildman–Crippen MR) is 183 cm³/mol. The lowest BCUT2D eigenvalue weighted by Crippen LogP contribution is -2.56. The lowest BCUT2D eigenvalue weighted by molar-refractivity contribution is -0.147. The van der Waals surface area contributed by atoms with Gasteiger partial charge in [0.05, 0.1) is 7.11 Å². The molecular formula is C36H50N4O10. The third kappa shape index (κ3) is 16.9. The highest BCUT2D eigenvalue weighted by atomic mass is 16.6. The molecule has 14 heteroatoms. The summed E-state index contributed by atoms with van der Waals surface area (Å²) in [5.74, 6) is -3.54. The lowest BCUT2D eigenvalue weighted by Gasteiger charge is -2.26. The Labute approximate surface area is 293 Å². The third-order valence-electron chi connectivity index (χ3n) is 7.15. The quantitative estimate of drug-likeness (QED) is 0.0899. The zero-order chi connectivity index (χ0) is 36.9. The molecule has 50 heavy (non-hydrogen) atoms. The Morgan fingerprint density at radius 2 is 1.12 bits per heavy atom. The highest BCUT2D eigenvalue weighted by Gasteiger charge is 2.31. The molecule has 0 aliphatic carbocycles. The Hall–Kier alpha value is -4.98. The summed E-state index contributed by atoms with van der Waals surface area (Å²) in [5.41, 5.74) is 6.22. The zero-order valence-corrected chi connectivity index (χ0v) is 29.2. The Bertz CT molecular complexity index is 1380. The Balaban J connectivity index is 2.21. The van der Waals surface area contributed by atoms with E-state index < -0.39 is 59.5 Å². The Morgan fingerprint density at radius 1 is 0.660 bits per heavy atom. The van der Waals surface area contributed by atoms with E-state index >= 15 is 0 Å². The molecule has 0 bridgehead atoms. The number of ether oxygens (including phenoxy) is 4. The van der Waals surface area contributed by atoms with Gasteiger partial charge in [-0.25, -0.2) is 9.59 Å².